The van der Waals surface area contributed by atoms with E-state index in [0.717, 1.165) is 24.7 Å². The lowest BCUT2D eigenvalue weighted by atomic mass is 9.75. The molecule has 0 spiro atoms. The molecule has 1 aliphatic heterocycles. The molecule has 0 aromatic carbocycles. The lowest BCUT2D eigenvalue weighted by Crippen LogP contribution is -2.26. The Kier molecular flexibility index (Phi) is 2.90. The normalized spacial score (nSPS) is 28.4. The van der Waals surface area contributed by atoms with Crippen LogP contribution in [-0.4, -0.2) is 28.3 Å². The third kappa shape index (κ3) is 2.10. The Morgan fingerprint density at radius 2 is 2.06 bits per heavy atom. The number of nitrogens with one attached hydrogen (secondary N) is 2. The zero-order valence-corrected chi connectivity index (χ0v) is 10.6. The standard InChI is InChI=1S/C13H22N4/c1-13(6-3-2-4-7-13)12-15-11(16-17-12)10-5-8-14-9-10/h10,14H,2-9H2,1H3,(H,15,16,17). The molecule has 0 amide bonds. The van der Waals surface area contributed by atoms with Gasteiger partial charge in [0, 0.05) is 17.9 Å². The molecule has 0 bridgehead atoms. The van der Waals surface area contributed by atoms with E-state index in [4.69, 9.17) is 4.98 Å². The smallest absolute Gasteiger partial charge is 0.156 e. The molecule has 1 aromatic heterocycles. The summed E-state index contributed by atoms with van der Waals surface area (Å²) in [6, 6.07) is 0. The van der Waals surface area contributed by atoms with E-state index in [1.54, 1.807) is 0 Å². The highest BCUT2D eigenvalue weighted by Gasteiger charge is 2.33. The fraction of sp³-hybridized carbons (Fsp3) is 0.846. The predicted octanol–water partition coefficient (Wildman–Crippen LogP) is 2.10. The van der Waals surface area contributed by atoms with Crippen LogP contribution in [0.5, 0.6) is 0 Å². The lowest BCUT2D eigenvalue weighted by Gasteiger charge is -2.30. The van der Waals surface area contributed by atoms with Gasteiger partial charge in [0.2, 0.25) is 0 Å². The summed E-state index contributed by atoms with van der Waals surface area (Å²) in [5, 5.41) is 11.0. The molecule has 1 aliphatic carbocycles. The molecule has 1 saturated carbocycles. The van der Waals surface area contributed by atoms with E-state index in [1.807, 2.05) is 0 Å². The van der Waals surface area contributed by atoms with E-state index < -0.39 is 0 Å². The van der Waals surface area contributed by atoms with Crippen molar-refractivity contribution in [2.75, 3.05) is 13.1 Å². The van der Waals surface area contributed by atoms with Gasteiger partial charge in [-0.3, -0.25) is 5.10 Å². The molecule has 2 aliphatic rings. The Labute approximate surface area is 103 Å². The van der Waals surface area contributed by atoms with Gasteiger partial charge in [-0.05, 0) is 25.8 Å². The topological polar surface area (TPSA) is 53.6 Å². The van der Waals surface area contributed by atoms with Crippen LogP contribution < -0.4 is 5.32 Å². The van der Waals surface area contributed by atoms with Crippen molar-refractivity contribution in [3.05, 3.63) is 11.6 Å². The van der Waals surface area contributed by atoms with Gasteiger partial charge in [0.1, 0.15) is 5.82 Å². The fourth-order valence-electron chi connectivity index (χ4n) is 3.17. The number of aromatic nitrogens is 3. The molecule has 1 unspecified atom stereocenters. The van der Waals surface area contributed by atoms with Crippen LogP contribution in [0.3, 0.4) is 0 Å². The highest BCUT2D eigenvalue weighted by molar-refractivity contribution is 5.10. The maximum atomic E-state index is 4.78. The zero-order chi connectivity index (χ0) is 11.7. The summed E-state index contributed by atoms with van der Waals surface area (Å²) in [4.78, 5) is 4.78. The van der Waals surface area contributed by atoms with Crippen LogP contribution >= 0.6 is 0 Å². The molecule has 3 rings (SSSR count). The van der Waals surface area contributed by atoms with Gasteiger partial charge >= 0.3 is 0 Å². The van der Waals surface area contributed by atoms with Crippen molar-refractivity contribution in [2.45, 2.75) is 56.8 Å². The van der Waals surface area contributed by atoms with Crippen molar-refractivity contribution in [3.63, 3.8) is 0 Å². The lowest BCUT2D eigenvalue weighted by molar-refractivity contribution is 0.304. The second-order valence-electron chi connectivity index (χ2n) is 5.86. The van der Waals surface area contributed by atoms with Crippen LogP contribution in [0.15, 0.2) is 0 Å². The summed E-state index contributed by atoms with van der Waals surface area (Å²) >= 11 is 0. The second kappa shape index (κ2) is 4.41. The number of hydrogen-bond donors (Lipinski definition) is 2. The molecule has 2 fully saturated rings. The number of hydrogen-bond acceptors (Lipinski definition) is 3. The van der Waals surface area contributed by atoms with Crippen molar-refractivity contribution in [2.24, 2.45) is 0 Å². The summed E-state index contributed by atoms with van der Waals surface area (Å²) in [5.41, 5.74) is 0.221. The average molecular weight is 234 g/mol. The summed E-state index contributed by atoms with van der Waals surface area (Å²) in [6.45, 7) is 4.48. The first kappa shape index (κ1) is 11.2. The highest BCUT2D eigenvalue weighted by Crippen LogP contribution is 2.37. The van der Waals surface area contributed by atoms with E-state index >= 15 is 0 Å². The zero-order valence-electron chi connectivity index (χ0n) is 10.6. The van der Waals surface area contributed by atoms with E-state index in [2.05, 4.69) is 22.4 Å². The molecule has 0 radical (unpaired) electrons. The van der Waals surface area contributed by atoms with Crippen LogP contribution in [0.25, 0.3) is 0 Å². The second-order valence-corrected chi connectivity index (χ2v) is 5.86. The molecule has 1 saturated heterocycles. The summed E-state index contributed by atoms with van der Waals surface area (Å²) in [7, 11) is 0. The molecule has 94 valence electrons. The predicted molar refractivity (Wildman–Crippen MR) is 67.0 cm³/mol. The number of aromatic amines is 1. The Balaban J connectivity index is 1.78. The van der Waals surface area contributed by atoms with E-state index in [-0.39, 0.29) is 5.41 Å². The van der Waals surface area contributed by atoms with Gasteiger partial charge in [-0.2, -0.15) is 5.10 Å². The molecular formula is C13H22N4. The van der Waals surface area contributed by atoms with Gasteiger partial charge in [-0.15, -0.1) is 0 Å². The molecule has 1 aromatic rings. The van der Waals surface area contributed by atoms with Gasteiger partial charge in [0.15, 0.2) is 5.82 Å². The van der Waals surface area contributed by atoms with Gasteiger partial charge in [0.05, 0.1) is 0 Å². The molecule has 4 heteroatoms. The maximum Gasteiger partial charge on any atom is 0.156 e. The van der Waals surface area contributed by atoms with Gasteiger partial charge in [0.25, 0.3) is 0 Å². The Bertz CT molecular complexity index is 373. The van der Waals surface area contributed by atoms with Gasteiger partial charge in [-0.1, -0.05) is 26.2 Å². The number of H-pyrrole nitrogens is 1. The van der Waals surface area contributed by atoms with Gasteiger partial charge in [-0.25, -0.2) is 4.98 Å². The van der Waals surface area contributed by atoms with Crippen molar-refractivity contribution in [1.82, 2.24) is 20.5 Å². The summed E-state index contributed by atoms with van der Waals surface area (Å²) in [5.74, 6) is 2.69. The molecule has 2 heterocycles. The summed E-state index contributed by atoms with van der Waals surface area (Å²) < 4.78 is 0. The molecule has 1 atom stereocenters. The first-order valence-electron chi connectivity index (χ1n) is 6.91. The summed E-state index contributed by atoms with van der Waals surface area (Å²) in [6.07, 6.45) is 7.70. The monoisotopic (exact) mass is 234 g/mol. The van der Waals surface area contributed by atoms with Crippen LogP contribution in [0.2, 0.25) is 0 Å². The Morgan fingerprint density at radius 3 is 2.76 bits per heavy atom. The van der Waals surface area contributed by atoms with Gasteiger partial charge < -0.3 is 5.32 Å². The number of rotatable bonds is 2. The maximum absolute atomic E-state index is 4.78. The largest absolute Gasteiger partial charge is 0.316 e. The Hall–Kier alpha value is -0.900. The van der Waals surface area contributed by atoms with Crippen LogP contribution in [-0.2, 0) is 5.41 Å². The minimum atomic E-state index is 0.221. The molecule has 17 heavy (non-hydrogen) atoms. The van der Waals surface area contributed by atoms with Crippen LogP contribution in [0, 0.1) is 0 Å². The van der Waals surface area contributed by atoms with Crippen molar-refractivity contribution >= 4 is 0 Å². The van der Waals surface area contributed by atoms with E-state index in [9.17, 15) is 0 Å². The highest BCUT2D eigenvalue weighted by atomic mass is 15.2. The fourth-order valence-corrected chi connectivity index (χ4v) is 3.17. The molecular weight excluding hydrogens is 212 g/mol. The first-order chi connectivity index (χ1) is 8.28. The first-order valence-corrected chi connectivity index (χ1v) is 6.91. The van der Waals surface area contributed by atoms with Crippen molar-refractivity contribution < 1.29 is 0 Å². The minimum Gasteiger partial charge on any atom is -0.316 e. The minimum absolute atomic E-state index is 0.221. The third-order valence-electron chi connectivity index (χ3n) is 4.45. The Morgan fingerprint density at radius 1 is 1.24 bits per heavy atom. The van der Waals surface area contributed by atoms with E-state index in [0.29, 0.717) is 5.92 Å². The molecule has 2 N–H and O–H groups in total. The van der Waals surface area contributed by atoms with E-state index in [1.165, 1.54) is 38.5 Å². The number of nitrogens with zero attached hydrogens (tertiary/aromatic N) is 2. The third-order valence-corrected chi connectivity index (χ3v) is 4.45. The SMILES string of the molecule is CC1(c2n[nH]c(C3CCNC3)n2)CCCCC1. The van der Waals surface area contributed by atoms with Crippen LogP contribution in [0.1, 0.15) is 63.0 Å². The molecule has 4 nitrogen and oxygen atoms in total. The van der Waals surface area contributed by atoms with Crippen molar-refractivity contribution in [3.8, 4) is 0 Å². The average Bonchev–Trinajstić information content (AvgIpc) is 3.01. The van der Waals surface area contributed by atoms with Crippen molar-refractivity contribution in [1.29, 1.82) is 0 Å². The quantitative estimate of drug-likeness (QED) is 0.824. The van der Waals surface area contributed by atoms with Crippen LogP contribution in [0.4, 0.5) is 0 Å².